The molecule has 0 aromatic carbocycles. The average molecular weight is 360 g/mol. The molecule has 1 fully saturated rings. The molecule has 3 rings (SSSR count). The fourth-order valence-electron chi connectivity index (χ4n) is 3.48. The van der Waals surface area contributed by atoms with Crippen molar-refractivity contribution in [2.75, 3.05) is 24.6 Å². The standard InChI is InChI=1S/C19H24N2O3S/c1-3-19(12-22)9-4-10-21(11-19)17-14(18(23)24)6-7-15(20-17)16-8-5-13(2)25-16/h5-8,22H,3-4,9-12H2,1-2H3,(H,23,24). The lowest BCUT2D eigenvalue weighted by molar-refractivity contribution is 0.0696. The number of hydrogen-bond donors (Lipinski definition) is 2. The summed E-state index contributed by atoms with van der Waals surface area (Å²) in [5, 5.41) is 19.5. The Morgan fingerprint density at radius 1 is 1.36 bits per heavy atom. The summed E-state index contributed by atoms with van der Waals surface area (Å²) >= 11 is 1.65. The van der Waals surface area contributed by atoms with Gasteiger partial charge in [0.2, 0.25) is 0 Å². The van der Waals surface area contributed by atoms with Crippen molar-refractivity contribution in [3.05, 3.63) is 34.7 Å². The summed E-state index contributed by atoms with van der Waals surface area (Å²) in [7, 11) is 0. The lowest BCUT2D eigenvalue weighted by Gasteiger charge is -2.42. The SMILES string of the molecule is CCC1(CO)CCCN(c2nc(-c3ccc(C)s3)ccc2C(=O)O)C1. The van der Waals surface area contributed by atoms with Crippen LogP contribution in [0.15, 0.2) is 24.3 Å². The van der Waals surface area contributed by atoms with Crippen molar-refractivity contribution in [1.29, 1.82) is 0 Å². The molecule has 1 saturated heterocycles. The number of aromatic carboxylic acids is 1. The van der Waals surface area contributed by atoms with Gasteiger partial charge in [-0.05, 0) is 50.5 Å². The molecule has 0 saturated carbocycles. The molecule has 0 amide bonds. The fourth-order valence-corrected chi connectivity index (χ4v) is 4.32. The first-order valence-electron chi connectivity index (χ1n) is 8.65. The molecular weight excluding hydrogens is 336 g/mol. The van der Waals surface area contributed by atoms with E-state index >= 15 is 0 Å². The summed E-state index contributed by atoms with van der Waals surface area (Å²) < 4.78 is 0. The van der Waals surface area contributed by atoms with Crippen LogP contribution in [0.3, 0.4) is 0 Å². The lowest BCUT2D eigenvalue weighted by Crippen LogP contribution is -2.46. The number of piperidine rings is 1. The average Bonchev–Trinajstić information content (AvgIpc) is 3.07. The number of nitrogens with zero attached hydrogens (tertiary/aromatic N) is 2. The molecule has 1 unspecified atom stereocenters. The van der Waals surface area contributed by atoms with Gasteiger partial charge in [-0.25, -0.2) is 9.78 Å². The van der Waals surface area contributed by atoms with Crippen molar-refractivity contribution in [2.45, 2.75) is 33.1 Å². The first-order chi connectivity index (χ1) is 12.0. The highest BCUT2D eigenvalue weighted by atomic mass is 32.1. The molecule has 25 heavy (non-hydrogen) atoms. The molecule has 2 N–H and O–H groups in total. The summed E-state index contributed by atoms with van der Waals surface area (Å²) in [6.07, 6.45) is 2.76. The van der Waals surface area contributed by atoms with Gasteiger partial charge in [-0.2, -0.15) is 0 Å². The van der Waals surface area contributed by atoms with Crippen molar-refractivity contribution >= 4 is 23.1 Å². The van der Waals surface area contributed by atoms with Gasteiger partial charge in [-0.3, -0.25) is 0 Å². The highest BCUT2D eigenvalue weighted by Crippen LogP contribution is 2.36. The van der Waals surface area contributed by atoms with Gasteiger partial charge in [0.15, 0.2) is 0 Å². The third-order valence-corrected chi connectivity index (χ3v) is 6.17. The van der Waals surface area contributed by atoms with Crippen LogP contribution in [-0.2, 0) is 0 Å². The zero-order valence-electron chi connectivity index (χ0n) is 14.7. The zero-order valence-corrected chi connectivity index (χ0v) is 15.5. The first kappa shape index (κ1) is 17.9. The zero-order chi connectivity index (χ0) is 18.0. The second-order valence-corrected chi connectivity index (χ2v) is 8.11. The third kappa shape index (κ3) is 3.55. The Bertz CT molecular complexity index is 768. The molecular formula is C19H24N2O3S. The largest absolute Gasteiger partial charge is 0.478 e. The van der Waals surface area contributed by atoms with E-state index in [4.69, 9.17) is 4.98 Å². The fraction of sp³-hybridized carbons (Fsp3) is 0.474. The van der Waals surface area contributed by atoms with E-state index in [2.05, 4.69) is 6.92 Å². The lowest BCUT2D eigenvalue weighted by atomic mass is 9.78. The topological polar surface area (TPSA) is 73.7 Å². The number of carboxylic acids is 1. The highest BCUT2D eigenvalue weighted by Gasteiger charge is 2.35. The predicted molar refractivity (Wildman–Crippen MR) is 101 cm³/mol. The van der Waals surface area contributed by atoms with Crippen molar-refractivity contribution in [2.24, 2.45) is 5.41 Å². The highest BCUT2D eigenvalue weighted by molar-refractivity contribution is 7.15. The molecule has 0 radical (unpaired) electrons. The summed E-state index contributed by atoms with van der Waals surface area (Å²) in [4.78, 5) is 20.7. The smallest absolute Gasteiger partial charge is 0.339 e. The Morgan fingerprint density at radius 2 is 2.16 bits per heavy atom. The van der Waals surface area contributed by atoms with Gasteiger partial charge in [0.1, 0.15) is 11.4 Å². The van der Waals surface area contributed by atoms with Crippen LogP contribution in [0.25, 0.3) is 10.6 Å². The molecule has 3 heterocycles. The Kier molecular flexibility index (Phi) is 5.11. The minimum Gasteiger partial charge on any atom is -0.478 e. The van der Waals surface area contributed by atoms with Crippen LogP contribution in [0.2, 0.25) is 0 Å². The number of pyridine rings is 1. The summed E-state index contributed by atoms with van der Waals surface area (Å²) in [5.74, 6) is -0.449. The summed E-state index contributed by atoms with van der Waals surface area (Å²) in [6, 6.07) is 7.49. The Balaban J connectivity index is 2.02. The van der Waals surface area contributed by atoms with Gasteiger partial charge in [-0.15, -0.1) is 11.3 Å². The molecule has 0 aliphatic carbocycles. The number of anilines is 1. The molecule has 2 aromatic rings. The Hall–Kier alpha value is -1.92. The minimum atomic E-state index is -0.965. The third-order valence-electron chi connectivity index (χ3n) is 5.14. The van der Waals surface area contributed by atoms with Crippen LogP contribution < -0.4 is 4.90 Å². The van der Waals surface area contributed by atoms with Crippen molar-refractivity contribution in [1.82, 2.24) is 4.98 Å². The number of aliphatic hydroxyl groups is 1. The number of rotatable bonds is 5. The van der Waals surface area contributed by atoms with E-state index in [1.54, 1.807) is 23.5 Å². The van der Waals surface area contributed by atoms with Gasteiger partial charge in [0.25, 0.3) is 0 Å². The van der Waals surface area contributed by atoms with E-state index in [1.807, 2.05) is 24.0 Å². The van der Waals surface area contributed by atoms with Crippen LogP contribution in [0, 0.1) is 12.3 Å². The van der Waals surface area contributed by atoms with Crippen LogP contribution in [0.1, 0.15) is 41.4 Å². The molecule has 1 atom stereocenters. The quantitative estimate of drug-likeness (QED) is 0.848. The maximum atomic E-state index is 11.7. The number of carboxylic acid groups (broad SMARTS) is 1. The Labute approximate surface area is 152 Å². The molecule has 0 spiro atoms. The van der Waals surface area contributed by atoms with Crippen LogP contribution in [-0.4, -0.2) is 40.9 Å². The second kappa shape index (κ2) is 7.14. The van der Waals surface area contributed by atoms with E-state index in [1.165, 1.54) is 4.88 Å². The van der Waals surface area contributed by atoms with E-state index < -0.39 is 5.97 Å². The molecule has 1 aliphatic rings. The normalized spacial score (nSPS) is 20.7. The molecule has 1 aliphatic heterocycles. The van der Waals surface area contributed by atoms with Crippen LogP contribution in [0.4, 0.5) is 5.82 Å². The predicted octanol–water partition coefficient (Wildman–Crippen LogP) is 3.81. The first-order valence-corrected chi connectivity index (χ1v) is 9.46. The minimum absolute atomic E-state index is 0.117. The van der Waals surface area contributed by atoms with E-state index in [-0.39, 0.29) is 17.6 Å². The molecule has 5 nitrogen and oxygen atoms in total. The van der Waals surface area contributed by atoms with E-state index in [0.717, 1.165) is 36.4 Å². The van der Waals surface area contributed by atoms with Gasteiger partial charge >= 0.3 is 5.97 Å². The van der Waals surface area contributed by atoms with E-state index in [0.29, 0.717) is 12.4 Å². The monoisotopic (exact) mass is 360 g/mol. The number of aromatic nitrogens is 1. The van der Waals surface area contributed by atoms with Crippen molar-refractivity contribution in [3.8, 4) is 10.6 Å². The maximum absolute atomic E-state index is 11.7. The van der Waals surface area contributed by atoms with Gasteiger partial charge in [0.05, 0.1) is 17.2 Å². The number of aryl methyl sites for hydroxylation is 1. The number of thiophene rings is 1. The molecule has 6 heteroatoms. The van der Waals surface area contributed by atoms with Crippen LogP contribution >= 0.6 is 11.3 Å². The number of hydrogen-bond acceptors (Lipinski definition) is 5. The summed E-state index contributed by atoms with van der Waals surface area (Å²) in [6.45, 7) is 5.65. The summed E-state index contributed by atoms with van der Waals surface area (Å²) in [5.41, 5.74) is 0.849. The van der Waals surface area contributed by atoms with E-state index in [9.17, 15) is 15.0 Å². The van der Waals surface area contributed by atoms with Gasteiger partial charge < -0.3 is 15.1 Å². The van der Waals surface area contributed by atoms with Gasteiger partial charge in [-0.1, -0.05) is 6.92 Å². The molecule has 134 valence electrons. The number of carbonyl (C=O) groups is 1. The van der Waals surface area contributed by atoms with Crippen LogP contribution in [0.5, 0.6) is 0 Å². The van der Waals surface area contributed by atoms with Crippen molar-refractivity contribution in [3.63, 3.8) is 0 Å². The maximum Gasteiger partial charge on any atom is 0.339 e. The molecule has 2 aromatic heterocycles. The molecule has 0 bridgehead atoms. The van der Waals surface area contributed by atoms with Gasteiger partial charge in [0, 0.05) is 23.4 Å². The second-order valence-electron chi connectivity index (χ2n) is 6.82. The number of aliphatic hydroxyl groups excluding tert-OH is 1. The van der Waals surface area contributed by atoms with Crippen molar-refractivity contribution < 1.29 is 15.0 Å². The Morgan fingerprint density at radius 3 is 2.76 bits per heavy atom.